The SMILES string of the molecule is Cc1ccc(C(=O)c2cnn(-c3ccccc3)c2)cc1F. The van der Waals surface area contributed by atoms with E-state index >= 15 is 0 Å². The van der Waals surface area contributed by atoms with Crippen LogP contribution in [0.4, 0.5) is 4.39 Å². The maximum absolute atomic E-state index is 13.6. The Hall–Kier alpha value is -2.75. The quantitative estimate of drug-likeness (QED) is 0.688. The van der Waals surface area contributed by atoms with Crippen LogP contribution in [0.25, 0.3) is 5.69 Å². The Kier molecular flexibility index (Phi) is 3.36. The Balaban J connectivity index is 1.92. The molecule has 3 rings (SSSR count). The number of ketones is 1. The van der Waals surface area contributed by atoms with Crippen LogP contribution in [-0.4, -0.2) is 15.6 Å². The van der Waals surface area contributed by atoms with Gasteiger partial charge in [0.05, 0.1) is 17.4 Å². The number of benzene rings is 2. The number of nitrogens with zero attached hydrogens (tertiary/aromatic N) is 2. The van der Waals surface area contributed by atoms with E-state index in [4.69, 9.17) is 0 Å². The standard InChI is InChI=1S/C17H13FN2O/c1-12-7-8-13(9-16(12)18)17(21)14-10-19-20(11-14)15-5-3-2-4-6-15/h2-11H,1H3. The first-order chi connectivity index (χ1) is 10.1. The molecule has 0 saturated carbocycles. The number of hydrogen-bond donors (Lipinski definition) is 0. The van der Waals surface area contributed by atoms with E-state index in [0.717, 1.165) is 5.69 Å². The monoisotopic (exact) mass is 280 g/mol. The van der Waals surface area contributed by atoms with Crippen molar-refractivity contribution in [3.05, 3.63) is 83.4 Å². The summed E-state index contributed by atoms with van der Waals surface area (Å²) in [5.74, 6) is -0.618. The molecule has 1 heterocycles. The molecule has 0 spiro atoms. The number of carbonyl (C=O) groups excluding carboxylic acids is 1. The average molecular weight is 280 g/mol. The van der Waals surface area contributed by atoms with Crippen LogP contribution >= 0.6 is 0 Å². The van der Waals surface area contributed by atoms with Crippen LogP contribution in [0.2, 0.25) is 0 Å². The van der Waals surface area contributed by atoms with E-state index in [2.05, 4.69) is 5.10 Å². The van der Waals surface area contributed by atoms with E-state index in [1.807, 2.05) is 30.3 Å². The molecule has 104 valence electrons. The molecule has 0 aliphatic heterocycles. The fourth-order valence-electron chi connectivity index (χ4n) is 2.06. The van der Waals surface area contributed by atoms with Gasteiger partial charge in [0.2, 0.25) is 0 Å². The minimum Gasteiger partial charge on any atom is -0.288 e. The largest absolute Gasteiger partial charge is 0.288 e. The Morgan fingerprint density at radius 2 is 1.86 bits per heavy atom. The van der Waals surface area contributed by atoms with Crippen LogP contribution in [0.1, 0.15) is 21.5 Å². The number of rotatable bonds is 3. The van der Waals surface area contributed by atoms with Crippen molar-refractivity contribution in [2.75, 3.05) is 0 Å². The molecule has 0 amide bonds. The van der Waals surface area contributed by atoms with Crippen molar-refractivity contribution in [1.29, 1.82) is 0 Å². The first-order valence-corrected chi connectivity index (χ1v) is 6.56. The molecule has 3 aromatic rings. The van der Waals surface area contributed by atoms with Gasteiger partial charge in [-0.15, -0.1) is 0 Å². The van der Waals surface area contributed by atoms with E-state index < -0.39 is 0 Å². The molecule has 21 heavy (non-hydrogen) atoms. The van der Waals surface area contributed by atoms with Crippen molar-refractivity contribution >= 4 is 5.78 Å². The highest BCUT2D eigenvalue weighted by molar-refractivity contribution is 6.08. The van der Waals surface area contributed by atoms with Gasteiger partial charge in [-0.1, -0.05) is 30.3 Å². The maximum atomic E-state index is 13.6. The number of aryl methyl sites for hydroxylation is 1. The molecule has 0 aliphatic carbocycles. The molecule has 3 nitrogen and oxygen atoms in total. The van der Waals surface area contributed by atoms with Gasteiger partial charge in [0.1, 0.15) is 5.82 Å². The van der Waals surface area contributed by atoms with E-state index in [0.29, 0.717) is 16.7 Å². The van der Waals surface area contributed by atoms with E-state index in [1.54, 1.807) is 29.9 Å². The summed E-state index contributed by atoms with van der Waals surface area (Å²) in [6, 6.07) is 14.0. The summed E-state index contributed by atoms with van der Waals surface area (Å²) in [4.78, 5) is 12.3. The Bertz CT molecular complexity index is 794. The molecular formula is C17H13FN2O. The van der Waals surface area contributed by atoms with Crippen molar-refractivity contribution in [3.63, 3.8) is 0 Å². The van der Waals surface area contributed by atoms with Crippen LogP contribution in [0.3, 0.4) is 0 Å². The fourth-order valence-corrected chi connectivity index (χ4v) is 2.06. The second-order valence-electron chi connectivity index (χ2n) is 4.80. The summed E-state index contributed by atoms with van der Waals surface area (Å²) in [5.41, 5.74) is 2.14. The van der Waals surface area contributed by atoms with Crippen LogP contribution in [0.5, 0.6) is 0 Å². The van der Waals surface area contributed by atoms with E-state index in [9.17, 15) is 9.18 Å². The highest BCUT2D eigenvalue weighted by atomic mass is 19.1. The van der Waals surface area contributed by atoms with Crippen LogP contribution in [0, 0.1) is 12.7 Å². The second-order valence-corrected chi connectivity index (χ2v) is 4.80. The van der Waals surface area contributed by atoms with Gasteiger partial charge in [-0.25, -0.2) is 9.07 Å². The summed E-state index contributed by atoms with van der Waals surface area (Å²) < 4.78 is 15.2. The molecule has 0 bridgehead atoms. The predicted molar refractivity (Wildman–Crippen MR) is 78.1 cm³/mol. The molecule has 0 saturated heterocycles. The first kappa shape index (κ1) is 13.2. The van der Waals surface area contributed by atoms with Gasteiger partial charge in [0.25, 0.3) is 0 Å². The summed E-state index contributed by atoms with van der Waals surface area (Å²) in [6.45, 7) is 1.66. The lowest BCUT2D eigenvalue weighted by Gasteiger charge is -2.01. The molecule has 0 fully saturated rings. The third-order valence-electron chi connectivity index (χ3n) is 3.30. The predicted octanol–water partition coefficient (Wildman–Crippen LogP) is 3.55. The van der Waals surface area contributed by atoms with Crippen molar-refractivity contribution in [2.24, 2.45) is 0 Å². The van der Waals surface area contributed by atoms with Crippen molar-refractivity contribution in [1.82, 2.24) is 9.78 Å². The van der Waals surface area contributed by atoms with Gasteiger partial charge in [-0.2, -0.15) is 5.10 Å². The molecule has 2 aromatic carbocycles. The third-order valence-corrected chi connectivity index (χ3v) is 3.30. The normalized spacial score (nSPS) is 10.6. The van der Waals surface area contributed by atoms with Gasteiger partial charge in [0, 0.05) is 11.8 Å². The lowest BCUT2D eigenvalue weighted by molar-refractivity contribution is 0.103. The molecule has 0 aliphatic rings. The van der Waals surface area contributed by atoms with Crippen LogP contribution in [-0.2, 0) is 0 Å². The highest BCUT2D eigenvalue weighted by Gasteiger charge is 2.13. The van der Waals surface area contributed by atoms with Gasteiger partial charge in [-0.3, -0.25) is 4.79 Å². The number of carbonyl (C=O) groups is 1. The summed E-state index contributed by atoms with van der Waals surface area (Å²) >= 11 is 0. The fraction of sp³-hybridized carbons (Fsp3) is 0.0588. The minimum absolute atomic E-state index is 0.240. The molecule has 1 aromatic heterocycles. The number of aromatic nitrogens is 2. The number of para-hydroxylation sites is 1. The second kappa shape index (κ2) is 5.32. The Morgan fingerprint density at radius 3 is 2.57 bits per heavy atom. The van der Waals surface area contributed by atoms with Gasteiger partial charge in [-0.05, 0) is 30.7 Å². The average Bonchev–Trinajstić information content (AvgIpc) is 3.00. The smallest absolute Gasteiger partial charge is 0.196 e. The van der Waals surface area contributed by atoms with Crippen LogP contribution < -0.4 is 0 Å². The minimum atomic E-state index is -0.378. The summed E-state index contributed by atoms with van der Waals surface area (Å²) in [5, 5.41) is 4.18. The lowest BCUT2D eigenvalue weighted by Crippen LogP contribution is -2.01. The summed E-state index contributed by atoms with van der Waals surface area (Å²) in [7, 11) is 0. The summed E-state index contributed by atoms with van der Waals surface area (Å²) in [6.07, 6.45) is 3.14. The van der Waals surface area contributed by atoms with Crippen LogP contribution in [0.15, 0.2) is 60.9 Å². The maximum Gasteiger partial charge on any atom is 0.196 e. The number of hydrogen-bond acceptors (Lipinski definition) is 2. The lowest BCUT2D eigenvalue weighted by atomic mass is 10.0. The van der Waals surface area contributed by atoms with Crippen molar-refractivity contribution in [3.8, 4) is 5.69 Å². The molecular weight excluding hydrogens is 267 g/mol. The van der Waals surface area contributed by atoms with E-state index in [1.165, 1.54) is 12.3 Å². The third kappa shape index (κ3) is 2.60. The Morgan fingerprint density at radius 1 is 1.10 bits per heavy atom. The first-order valence-electron chi connectivity index (χ1n) is 6.56. The zero-order chi connectivity index (χ0) is 14.8. The van der Waals surface area contributed by atoms with E-state index in [-0.39, 0.29) is 11.6 Å². The van der Waals surface area contributed by atoms with Crippen molar-refractivity contribution < 1.29 is 9.18 Å². The molecule has 0 N–H and O–H groups in total. The Labute approximate surface area is 121 Å². The highest BCUT2D eigenvalue weighted by Crippen LogP contribution is 2.15. The molecule has 0 radical (unpaired) electrons. The number of halogens is 1. The zero-order valence-corrected chi connectivity index (χ0v) is 11.5. The van der Waals surface area contributed by atoms with Gasteiger partial charge in [0.15, 0.2) is 5.78 Å². The zero-order valence-electron chi connectivity index (χ0n) is 11.5. The van der Waals surface area contributed by atoms with Crippen molar-refractivity contribution in [2.45, 2.75) is 6.92 Å². The molecule has 0 atom stereocenters. The molecule has 0 unspecified atom stereocenters. The molecule has 4 heteroatoms. The van der Waals surface area contributed by atoms with Gasteiger partial charge >= 0.3 is 0 Å². The topological polar surface area (TPSA) is 34.9 Å². The van der Waals surface area contributed by atoms with Gasteiger partial charge < -0.3 is 0 Å².